The Labute approximate surface area is 106 Å². The van der Waals surface area contributed by atoms with Crippen molar-refractivity contribution in [1.82, 2.24) is 0 Å². The minimum Gasteiger partial charge on any atom is -0.398 e. The zero-order chi connectivity index (χ0) is 13.1. The summed E-state index contributed by atoms with van der Waals surface area (Å²) in [5.74, 6) is 0.758. The molecule has 1 rings (SSSR count). The van der Waals surface area contributed by atoms with Crippen molar-refractivity contribution >= 4 is 5.69 Å². The highest BCUT2D eigenvalue weighted by atomic mass is 14.6. The molecule has 2 N–H and O–H groups in total. The molecule has 0 heterocycles. The first-order valence-electron chi connectivity index (χ1n) is 6.63. The van der Waals surface area contributed by atoms with Crippen molar-refractivity contribution in [3.05, 3.63) is 29.3 Å². The average Bonchev–Trinajstić information content (AvgIpc) is 2.14. The topological polar surface area (TPSA) is 26.0 Å². The molecule has 0 amide bonds. The number of benzene rings is 1. The molecule has 0 fully saturated rings. The van der Waals surface area contributed by atoms with E-state index < -0.39 is 0 Å². The highest BCUT2D eigenvalue weighted by Crippen LogP contribution is 2.28. The fourth-order valence-electron chi connectivity index (χ4n) is 2.60. The first kappa shape index (κ1) is 14.1. The first-order valence-corrected chi connectivity index (χ1v) is 6.63. The van der Waals surface area contributed by atoms with E-state index in [1.807, 2.05) is 12.1 Å². The molecule has 0 radical (unpaired) electrons. The van der Waals surface area contributed by atoms with Crippen LogP contribution in [0.3, 0.4) is 0 Å². The Morgan fingerprint density at radius 1 is 1.24 bits per heavy atom. The predicted octanol–water partition coefficient (Wildman–Crippen LogP) is 4.58. The zero-order valence-electron chi connectivity index (χ0n) is 12.0. The van der Waals surface area contributed by atoms with Gasteiger partial charge in [0.1, 0.15) is 0 Å². The number of hydrogen-bond acceptors (Lipinski definition) is 1. The highest BCUT2D eigenvalue weighted by molar-refractivity contribution is 5.50. The molecule has 0 bridgehead atoms. The molecule has 0 aliphatic rings. The van der Waals surface area contributed by atoms with Gasteiger partial charge in [0.05, 0.1) is 0 Å². The second-order valence-electron chi connectivity index (χ2n) is 6.55. The van der Waals surface area contributed by atoms with Crippen LogP contribution in [0.25, 0.3) is 0 Å². The lowest BCUT2D eigenvalue weighted by atomic mass is 9.83. The van der Waals surface area contributed by atoms with Gasteiger partial charge >= 0.3 is 0 Å². The van der Waals surface area contributed by atoms with Gasteiger partial charge < -0.3 is 5.73 Å². The van der Waals surface area contributed by atoms with Crippen LogP contribution in [0.5, 0.6) is 0 Å². The maximum absolute atomic E-state index is 6.03. The lowest BCUT2D eigenvalue weighted by Crippen LogP contribution is -2.12. The molecule has 1 heteroatoms. The van der Waals surface area contributed by atoms with Crippen LogP contribution in [-0.2, 0) is 6.42 Å². The second kappa shape index (κ2) is 5.57. The van der Waals surface area contributed by atoms with Crippen LogP contribution >= 0.6 is 0 Å². The molecule has 17 heavy (non-hydrogen) atoms. The Hall–Kier alpha value is -0.980. The van der Waals surface area contributed by atoms with Gasteiger partial charge in [0, 0.05) is 5.69 Å². The van der Waals surface area contributed by atoms with Crippen molar-refractivity contribution in [2.75, 3.05) is 5.73 Å². The molecule has 0 spiro atoms. The lowest BCUT2D eigenvalue weighted by molar-refractivity contribution is 0.297. The van der Waals surface area contributed by atoms with Crippen LogP contribution < -0.4 is 5.73 Å². The molecular weight excluding hydrogens is 206 g/mol. The van der Waals surface area contributed by atoms with E-state index in [4.69, 9.17) is 5.73 Å². The number of anilines is 1. The number of aryl methyl sites for hydroxylation is 1. The number of hydrogen-bond donors (Lipinski definition) is 1. The van der Waals surface area contributed by atoms with Crippen LogP contribution in [0.2, 0.25) is 0 Å². The second-order valence-corrected chi connectivity index (χ2v) is 6.55. The van der Waals surface area contributed by atoms with Gasteiger partial charge in [0.25, 0.3) is 0 Å². The number of nitrogens with two attached hydrogens (primary N) is 1. The Morgan fingerprint density at radius 3 is 2.41 bits per heavy atom. The van der Waals surface area contributed by atoms with Crippen LogP contribution in [0.4, 0.5) is 5.69 Å². The summed E-state index contributed by atoms with van der Waals surface area (Å²) in [4.78, 5) is 0. The lowest BCUT2D eigenvalue weighted by Gasteiger charge is -2.23. The van der Waals surface area contributed by atoms with Gasteiger partial charge in [-0.15, -0.1) is 0 Å². The van der Waals surface area contributed by atoms with Crippen LogP contribution in [0, 0.1) is 18.3 Å². The fraction of sp³-hybridized carbons (Fsp3) is 0.625. The van der Waals surface area contributed by atoms with E-state index in [9.17, 15) is 0 Å². The minimum atomic E-state index is 0.427. The van der Waals surface area contributed by atoms with Crippen LogP contribution in [0.1, 0.15) is 51.7 Å². The third kappa shape index (κ3) is 4.80. The summed E-state index contributed by atoms with van der Waals surface area (Å²) in [5.41, 5.74) is 10.1. The standard InChI is InChI=1S/C16H27N/c1-12(11-16(3,4)5)9-10-14-13(2)7-6-8-15(14)17/h6-8,12H,9-11,17H2,1-5H3. The van der Waals surface area contributed by atoms with E-state index in [1.54, 1.807) is 0 Å². The number of rotatable bonds is 4. The molecule has 1 aromatic carbocycles. The highest BCUT2D eigenvalue weighted by Gasteiger charge is 2.15. The van der Waals surface area contributed by atoms with Gasteiger partial charge in [0.15, 0.2) is 0 Å². The third-order valence-corrected chi connectivity index (χ3v) is 3.29. The first-order chi connectivity index (χ1) is 7.79. The van der Waals surface area contributed by atoms with Gasteiger partial charge in [-0.1, -0.05) is 39.8 Å². The van der Waals surface area contributed by atoms with Crippen molar-refractivity contribution in [3.63, 3.8) is 0 Å². The quantitative estimate of drug-likeness (QED) is 0.757. The monoisotopic (exact) mass is 233 g/mol. The molecule has 96 valence electrons. The zero-order valence-corrected chi connectivity index (χ0v) is 12.0. The van der Waals surface area contributed by atoms with Crippen molar-refractivity contribution < 1.29 is 0 Å². The van der Waals surface area contributed by atoms with Crippen molar-refractivity contribution in [2.45, 2.75) is 53.9 Å². The normalized spacial score (nSPS) is 13.7. The minimum absolute atomic E-state index is 0.427. The van der Waals surface area contributed by atoms with E-state index in [0.29, 0.717) is 5.41 Å². The Kier molecular flexibility index (Phi) is 4.62. The average molecular weight is 233 g/mol. The van der Waals surface area contributed by atoms with E-state index in [-0.39, 0.29) is 0 Å². The molecule has 1 nitrogen and oxygen atoms in total. The molecule has 1 aromatic rings. The summed E-state index contributed by atoms with van der Waals surface area (Å²) in [6, 6.07) is 6.20. The van der Waals surface area contributed by atoms with E-state index in [1.165, 1.54) is 24.0 Å². The van der Waals surface area contributed by atoms with Crippen LogP contribution in [-0.4, -0.2) is 0 Å². The van der Waals surface area contributed by atoms with Crippen molar-refractivity contribution in [3.8, 4) is 0 Å². The fourth-order valence-corrected chi connectivity index (χ4v) is 2.60. The number of nitrogen functional groups attached to an aromatic ring is 1. The third-order valence-electron chi connectivity index (χ3n) is 3.29. The van der Waals surface area contributed by atoms with Crippen molar-refractivity contribution in [2.24, 2.45) is 11.3 Å². The van der Waals surface area contributed by atoms with Gasteiger partial charge in [-0.05, 0) is 54.7 Å². The Bertz CT molecular complexity index is 340. The van der Waals surface area contributed by atoms with Gasteiger partial charge in [0.2, 0.25) is 0 Å². The van der Waals surface area contributed by atoms with E-state index >= 15 is 0 Å². The van der Waals surface area contributed by atoms with Gasteiger partial charge in [-0.2, -0.15) is 0 Å². The van der Waals surface area contributed by atoms with Gasteiger partial charge in [-0.25, -0.2) is 0 Å². The van der Waals surface area contributed by atoms with E-state index in [0.717, 1.165) is 18.0 Å². The molecule has 1 atom stereocenters. The SMILES string of the molecule is Cc1cccc(N)c1CCC(C)CC(C)(C)C. The van der Waals surface area contributed by atoms with Crippen molar-refractivity contribution in [1.29, 1.82) is 0 Å². The maximum atomic E-state index is 6.03. The largest absolute Gasteiger partial charge is 0.398 e. The predicted molar refractivity (Wildman–Crippen MR) is 77.1 cm³/mol. The summed E-state index contributed by atoms with van der Waals surface area (Å²) in [6.45, 7) is 11.4. The molecule has 0 aliphatic heterocycles. The molecule has 0 aromatic heterocycles. The van der Waals surface area contributed by atoms with Gasteiger partial charge in [-0.3, -0.25) is 0 Å². The summed E-state index contributed by atoms with van der Waals surface area (Å²) in [5, 5.41) is 0. The molecular formula is C16H27N. The summed E-state index contributed by atoms with van der Waals surface area (Å²) < 4.78 is 0. The Morgan fingerprint density at radius 2 is 1.88 bits per heavy atom. The molecule has 0 saturated carbocycles. The summed E-state index contributed by atoms with van der Waals surface area (Å²) in [7, 11) is 0. The smallest absolute Gasteiger partial charge is 0.0349 e. The summed E-state index contributed by atoms with van der Waals surface area (Å²) >= 11 is 0. The molecule has 1 unspecified atom stereocenters. The Balaban J connectivity index is 2.56. The van der Waals surface area contributed by atoms with Crippen LogP contribution in [0.15, 0.2) is 18.2 Å². The van der Waals surface area contributed by atoms with E-state index in [2.05, 4.69) is 40.7 Å². The molecule has 0 saturated heterocycles. The molecule has 0 aliphatic carbocycles. The summed E-state index contributed by atoms with van der Waals surface area (Å²) in [6.07, 6.45) is 3.61. The maximum Gasteiger partial charge on any atom is 0.0349 e.